The van der Waals surface area contributed by atoms with Crippen LogP contribution >= 0.6 is 24.8 Å². The molecule has 1 aliphatic rings. The summed E-state index contributed by atoms with van der Waals surface area (Å²) in [7, 11) is 0. The predicted octanol–water partition coefficient (Wildman–Crippen LogP) is 6.41. The van der Waals surface area contributed by atoms with E-state index in [9.17, 15) is 8.78 Å². The first kappa shape index (κ1) is 23.6. The third kappa shape index (κ3) is 5.68. The Bertz CT molecular complexity index is 924. The minimum Gasteiger partial charge on any atom is -0.345 e. The number of H-pyrrole nitrogens is 1. The van der Waals surface area contributed by atoms with E-state index in [0.717, 1.165) is 29.9 Å². The van der Waals surface area contributed by atoms with Crippen LogP contribution in [0.3, 0.4) is 0 Å². The van der Waals surface area contributed by atoms with Crippen LogP contribution in [0.5, 0.6) is 0 Å². The van der Waals surface area contributed by atoms with Gasteiger partial charge in [0, 0.05) is 17.7 Å². The number of aromatic amines is 1. The number of imidazole rings is 1. The van der Waals surface area contributed by atoms with Crippen molar-refractivity contribution in [1.29, 1.82) is 0 Å². The zero-order chi connectivity index (χ0) is 18.6. The Balaban J connectivity index is 0.00000150. The third-order valence-electron chi connectivity index (χ3n) is 5.64. The van der Waals surface area contributed by atoms with Crippen LogP contribution < -0.4 is 5.32 Å². The van der Waals surface area contributed by atoms with Crippen molar-refractivity contribution in [3.63, 3.8) is 0 Å². The van der Waals surface area contributed by atoms with Gasteiger partial charge in [0.2, 0.25) is 0 Å². The molecule has 1 aromatic heterocycles. The van der Waals surface area contributed by atoms with Crippen molar-refractivity contribution in [1.82, 2.24) is 15.3 Å². The number of nitrogens with zero attached hydrogens (tertiary/aromatic N) is 1. The molecule has 3 aromatic rings. The third-order valence-corrected chi connectivity index (χ3v) is 5.64. The van der Waals surface area contributed by atoms with E-state index in [4.69, 9.17) is 0 Å². The fraction of sp³-hybridized carbons (Fsp3) is 0.409. The van der Waals surface area contributed by atoms with Crippen LogP contribution in [-0.2, 0) is 6.54 Å². The number of rotatable bonds is 6. The second kappa shape index (κ2) is 10.9. The molecule has 1 saturated carbocycles. The van der Waals surface area contributed by atoms with E-state index in [1.807, 2.05) is 6.07 Å². The molecule has 3 nitrogen and oxygen atoms in total. The van der Waals surface area contributed by atoms with Crippen molar-refractivity contribution in [3.8, 4) is 11.1 Å². The molecule has 158 valence electrons. The van der Waals surface area contributed by atoms with Gasteiger partial charge in [0.1, 0.15) is 11.6 Å². The second-order valence-corrected chi connectivity index (χ2v) is 7.53. The topological polar surface area (TPSA) is 40.7 Å². The van der Waals surface area contributed by atoms with Crippen LogP contribution in [-0.4, -0.2) is 16.5 Å². The van der Waals surface area contributed by atoms with Gasteiger partial charge in [-0.1, -0.05) is 38.2 Å². The Morgan fingerprint density at radius 3 is 2.59 bits per heavy atom. The van der Waals surface area contributed by atoms with Gasteiger partial charge in [0.05, 0.1) is 17.4 Å². The summed E-state index contributed by atoms with van der Waals surface area (Å²) >= 11 is 0. The highest BCUT2D eigenvalue weighted by atomic mass is 35.5. The minimum absolute atomic E-state index is 0. The number of hydrogen-bond donors (Lipinski definition) is 2. The first-order chi connectivity index (χ1) is 13.2. The molecule has 0 bridgehead atoms. The van der Waals surface area contributed by atoms with Crippen LogP contribution in [0.25, 0.3) is 22.2 Å². The van der Waals surface area contributed by atoms with Crippen LogP contribution in [0.4, 0.5) is 8.78 Å². The number of hydrogen-bond acceptors (Lipinski definition) is 2. The van der Waals surface area contributed by atoms with Gasteiger partial charge in [0.15, 0.2) is 0 Å². The Kier molecular flexibility index (Phi) is 8.87. The summed E-state index contributed by atoms with van der Waals surface area (Å²) in [5.41, 5.74) is 2.88. The Morgan fingerprint density at radius 1 is 1.00 bits per heavy atom. The van der Waals surface area contributed by atoms with E-state index in [-0.39, 0.29) is 36.2 Å². The number of halogens is 4. The average Bonchev–Trinajstić information content (AvgIpc) is 3.16. The molecule has 0 atom stereocenters. The molecule has 1 aliphatic carbocycles. The molecule has 0 amide bonds. The molecule has 4 rings (SSSR count). The standard InChI is InChI=1S/C22H25F2N3.2ClH/c23-19-12-18(16-6-7-21-22(11-16)27-14-26-21)20(24)10-17(19)13-25-9-8-15-4-2-1-3-5-15;;/h6-7,10-12,14-15,25H,1-5,8-9,13H2,(H,26,27);2*1H. The van der Waals surface area contributed by atoms with E-state index < -0.39 is 5.82 Å². The Labute approximate surface area is 182 Å². The van der Waals surface area contributed by atoms with E-state index in [0.29, 0.717) is 17.7 Å². The van der Waals surface area contributed by atoms with Crippen molar-refractivity contribution in [2.24, 2.45) is 5.92 Å². The van der Waals surface area contributed by atoms with Gasteiger partial charge < -0.3 is 10.3 Å². The van der Waals surface area contributed by atoms with Crippen LogP contribution in [0.15, 0.2) is 36.7 Å². The maximum Gasteiger partial charge on any atom is 0.131 e. The summed E-state index contributed by atoms with van der Waals surface area (Å²) in [4.78, 5) is 7.18. The average molecular weight is 442 g/mol. The summed E-state index contributed by atoms with van der Waals surface area (Å²) in [5, 5.41) is 3.28. The van der Waals surface area contributed by atoms with Gasteiger partial charge in [-0.05, 0) is 48.7 Å². The molecule has 0 radical (unpaired) electrons. The summed E-state index contributed by atoms with van der Waals surface area (Å²) in [5.74, 6) is 0.00113. The number of aromatic nitrogens is 2. The molecule has 2 N–H and O–H groups in total. The van der Waals surface area contributed by atoms with Crippen molar-refractivity contribution in [3.05, 3.63) is 53.9 Å². The van der Waals surface area contributed by atoms with Crippen molar-refractivity contribution >= 4 is 35.8 Å². The fourth-order valence-electron chi connectivity index (χ4n) is 4.05. The van der Waals surface area contributed by atoms with E-state index in [1.54, 1.807) is 18.5 Å². The van der Waals surface area contributed by atoms with Crippen LogP contribution in [0.1, 0.15) is 44.1 Å². The van der Waals surface area contributed by atoms with E-state index >= 15 is 0 Å². The lowest BCUT2D eigenvalue weighted by Gasteiger charge is -2.21. The van der Waals surface area contributed by atoms with Crippen molar-refractivity contribution in [2.45, 2.75) is 45.1 Å². The molecule has 0 saturated heterocycles. The highest BCUT2D eigenvalue weighted by molar-refractivity contribution is 5.85. The monoisotopic (exact) mass is 441 g/mol. The maximum absolute atomic E-state index is 14.6. The number of benzene rings is 2. The van der Waals surface area contributed by atoms with Gasteiger partial charge in [0.25, 0.3) is 0 Å². The molecule has 0 unspecified atom stereocenters. The first-order valence-corrected chi connectivity index (χ1v) is 9.83. The molecular formula is C22H27Cl2F2N3. The quantitative estimate of drug-likeness (QED) is 0.433. The largest absolute Gasteiger partial charge is 0.345 e. The van der Waals surface area contributed by atoms with Gasteiger partial charge in [-0.15, -0.1) is 24.8 Å². The lowest BCUT2D eigenvalue weighted by atomic mass is 9.87. The SMILES string of the molecule is Cl.Cl.Fc1cc(-c2ccc3[nH]cnc3c2)c(F)cc1CNCCC1CCCCC1. The van der Waals surface area contributed by atoms with Crippen molar-refractivity contribution in [2.75, 3.05) is 6.54 Å². The molecule has 0 aliphatic heterocycles. The number of fused-ring (bicyclic) bond motifs is 1. The Hall–Kier alpha value is -1.69. The predicted molar refractivity (Wildman–Crippen MR) is 119 cm³/mol. The summed E-state index contributed by atoms with van der Waals surface area (Å²) < 4.78 is 29.1. The maximum atomic E-state index is 14.6. The van der Waals surface area contributed by atoms with Crippen LogP contribution in [0.2, 0.25) is 0 Å². The van der Waals surface area contributed by atoms with Crippen LogP contribution in [0, 0.1) is 17.6 Å². The summed E-state index contributed by atoms with van der Waals surface area (Å²) in [6.45, 7) is 1.21. The molecule has 1 fully saturated rings. The Morgan fingerprint density at radius 2 is 1.79 bits per heavy atom. The highest BCUT2D eigenvalue weighted by Crippen LogP contribution is 2.28. The molecule has 7 heteroatoms. The lowest BCUT2D eigenvalue weighted by molar-refractivity contribution is 0.333. The highest BCUT2D eigenvalue weighted by Gasteiger charge is 2.14. The number of nitrogens with one attached hydrogen (secondary N) is 2. The molecule has 0 spiro atoms. The van der Waals surface area contributed by atoms with Gasteiger partial charge >= 0.3 is 0 Å². The molecule has 1 heterocycles. The zero-order valence-corrected chi connectivity index (χ0v) is 17.9. The van der Waals surface area contributed by atoms with Crippen molar-refractivity contribution < 1.29 is 8.78 Å². The first-order valence-electron chi connectivity index (χ1n) is 9.83. The van der Waals surface area contributed by atoms with E-state index in [2.05, 4.69) is 15.3 Å². The smallest absolute Gasteiger partial charge is 0.131 e. The van der Waals surface area contributed by atoms with Gasteiger partial charge in [-0.2, -0.15) is 0 Å². The normalized spacial score (nSPS) is 14.4. The second-order valence-electron chi connectivity index (χ2n) is 7.53. The molecular weight excluding hydrogens is 415 g/mol. The zero-order valence-electron chi connectivity index (χ0n) is 16.2. The lowest BCUT2D eigenvalue weighted by Crippen LogP contribution is -2.19. The molecule has 2 aromatic carbocycles. The van der Waals surface area contributed by atoms with Gasteiger partial charge in [-0.3, -0.25) is 0 Å². The van der Waals surface area contributed by atoms with E-state index in [1.165, 1.54) is 44.2 Å². The minimum atomic E-state index is -0.407. The summed E-state index contributed by atoms with van der Waals surface area (Å²) in [6, 6.07) is 7.98. The van der Waals surface area contributed by atoms with Gasteiger partial charge in [-0.25, -0.2) is 13.8 Å². The summed E-state index contributed by atoms with van der Waals surface area (Å²) in [6.07, 6.45) is 9.33. The molecule has 29 heavy (non-hydrogen) atoms. The fourth-order valence-corrected chi connectivity index (χ4v) is 4.05.